The summed E-state index contributed by atoms with van der Waals surface area (Å²) in [5.41, 5.74) is 6.61. The molecule has 4 aliphatic rings. The van der Waals surface area contributed by atoms with Gasteiger partial charge in [-0.05, 0) is 114 Å². The van der Waals surface area contributed by atoms with E-state index in [1.807, 2.05) is 44.7 Å². The zero-order valence-electron chi connectivity index (χ0n) is 37.0. The Morgan fingerprint density at radius 2 is 1.69 bits per heavy atom. The van der Waals surface area contributed by atoms with Gasteiger partial charge in [0.25, 0.3) is 5.91 Å². The number of aliphatic hydroxyl groups excluding tert-OH is 8. The Bertz CT molecular complexity index is 1720. The number of hydrogen-bond acceptors (Lipinski definition) is 11. The van der Waals surface area contributed by atoms with Gasteiger partial charge in [0, 0.05) is 29.8 Å². The lowest BCUT2D eigenvalue weighted by atomic mass is 9.51. The zero-order chi connectivity index (χ0) is 45.3. The first-order valence-electron chi connectivity index (χ1n) is 22.2. The molecule has 1 saturated carbocycles. The highest BCUT2D eigenvalue weighted by atomic mass is 16.3. The fourth-order valence-electron chi connectivity index (χ4n) is 10.0. The molecular weight excluding hydrogens is 781 g/mol. The molecule has 14 atom stereocenters. The summed E-state index contributed by atoms with van der Waals surface area (Å²) in [7, 11) is 0. The molecule has 4 rings (SSSR count). The number of carbonyl (C=O) groups excluding carboxylic acids is 2. The summed E-state index contributed by atoms with van der Waals surface area (Å²) in [6.07, 6.45) is 11.4. The average Bonchev–Trinajstić information content (AvgIpc) is 3.83. The number of likely N-dealkylation sites (tertiary alicyclic amines) is 1. The molecule has 0 aromatic carbocycles. The van der Waals surface area contributed by atoms with Gasteiger partial charge in [-0.15, -0.1) is 0 Å². The number of hydrogen-bond donors (Lipinski definition) is 11. The standard InChI is InChI=1S/C47H74N4O10/c1-26(37(54)10-7-11-38(55)27(2)13-18-33(53)24-31-9-8-22-51(31)46(48)49)12-16-32(52)17-14-28(3)42(58)29(4)15-19-35-30(5)23-34-36(20-21-39(56)43(34)59)47(35,6)44(60)41-40(57)25-50-45(41)61/h7,10,12-14,16,23,26,29,31-39,42-43,52-56,58-60H,8-9,11,15,17-22,24-25H2,1-6H3,(H3,48,49)(H,50,61)/b10-7+,16-12+,27-13+,28-14+,44-41+/t26?,29?,31?,32?,33?,34-,35-,36-,37?,38?,39-,42?,43+,47+/m1/s1. The SMILES string of the molecule is CC1=C[C@H]2[C@H](O)[C@H](O)CC[C@H]2[C@@](C)(/C(O)=C2/C(=O)CNC2=O)[C@@H]1CCC(C)C(O)/C(C)=C/CC(O)/C=C/C(C)C(O)/C=C/CC(O)/C(C)=C/CC(O)CC1CCCN1C(=N)N. The Kier molecular flexibility index (Phi) is 18.1. The molecule has 0 spiro atoms. The molecule has 2 aliphatic carbocycles. The van der Waals surface area contributed by atoms with Crippen molar-refractivity contribution in [2.24, 2.45) is 40.7 Å². The summed E-state index contributed by atoms with van der Waals surface area (Å²) in [6, 6.07) is 0.0491. The first kappa shape index (κ1) is 50.0. The number of nitrogens with two attached hydrogens (primary N) is 1. The summed E-state index contributed by atoms with van der Waals surface area (Å²) in [5, 5.41) is 97.4. The minimum Gasteiger partial charge on any atom is -0.511 e. The van der Waals surface area contributed by atoms with Crippen LogP contribution in [0.3, 0.4) is 0 Å². The van der Waals surface area contributed by atoms with Crippen LogP contribution in [-0.2, 0) is 9.59 Å². The minimum atomic E-state index is -1.08. The highest BCUT2D eigenvalue weighted by Crippen LogP contribution is 2.58. The largest absolute Gasteiger partial charge is 0.511 e. The second-order valence-corrected chi connectivity index (χ2v) is 18.5. The molecule has 1 amide bonds. The quantitative estimate of drug-likeness (QED) is 0.0223. The van der Waals surface area contributed by atoms with E-state index in [0.29, 0.717) is 44.1 Å². The molecule has 0 aromatic heterocycles. The predicted molar refractivity (Wildman–Crippen MR) is 235 cm³/mol. The van der Waals surface area contributed by atoms with Crippen molar-refractivity contribution in [1.82, 2.24) is 10.2 Å². The van der Waals surface area contributed by atoms with Crippen LogP contribution >= 0.6 is 0 Å². The number of fused-ring (bicyclic) bond motifs is 1. The molecule has 2 saturated heterocycles. The number of Topliss-reactive ketones (excluding diaryl/α,β-unsaturated/α-hetero) is 1. The van der Waals surface area contributed by atoms with Gasteiger partial charge in [0.2, 0.25) is 0 Å². The van der Waals surface area contributed by atoms with Crippen LogP contribution in [0.5, 0.6) is 0 Å². The molecule has 8 unspecified atom stereocenters. The molecule has 61 heavy (non-hydrogen) atoms. The number of nitrogens with zero attached hydrogens (tertiary/aromatic N) is 1. The van der Waals surface area contributed by atoms with E-state index < -0.39 is 65.8 Å². The number of amides is 1. The van der Waals surface area contributed by atoms with Crippen LogP contribution in [0.2, 0.25) is 0 Å². The topological polar surface area (TPSA) is 261 Å². The van der Waals surface area contributed by atoms with E-state index in [1.165, 1.54) is 0 Å². The normalized spacial score (nSPS) is 32.0. The Hall–Kier alpha value is -3.63. The fraction of sp³-hybridized carbons (Fsp3) is 0.681. The van der Waals surface area contributed by atoms with Crippen LogP contribution in [0, 0.1) is 40.4 Å². The van der Waals surface area contributed by atoms with Crippen molar-refractivity contribution in [3.05, 3.63) is 70.6 Å². The summed E-state index contributed by atoms with van der Waals surface area (Å²) in [4.78, 5) is 27.3. The monoisotopic (exact) mass is 855 g/mol. The van der Waals surface area contributed by atoms with Gasteiger partial charge in [-0.2, -0.15) is 0 Å². The Balaban J connectivity index is 1.28. The molecule has 2 aliphatic heterocycles. The number of aliphatic hydroxyl groups is 8. The van der Waals surface area contributed by atoms with Crippen LogP contribution in [0.4, 0.5) is 0 Å². The molecule has 12 N–H and O–H groups in total. The van der Waals surface area contributed by atoms with Gasteiger partial charge < -0.3 is 56.8 Å². The van der Waals surface area contributed by atoms with Crippen molar-refractivity contribution in [3.63, 3.8) is 0 Å². The van der Waals surface area contributed by atoms with Crippen LogP contribution in [0.15, 0.2) is 70.6 Å². The number of allylic oxidation sites excluding steroid dienone is 2. The summed E-state index contributed by atoms with van der Waals surface area (Å²) in [5.74, 6) is -3.02. The van der Waals surface area contributed by atoms with Crippen molar-refractivity contribution in [2.75, 3.05) is 13.1 Å². The summed E-state index contributed by atoms with van der Waals surface area (Å²) < 4.78 is 0. The highest BCUT2D eigenvalue weighted by Gasteiger charge is 2.56. The third-order valence-corrected chi connectivity index (χ3v) is 14.1. The van der Waals surface area contributed by atoms with Gasteiger partial charge in [-0.25, -0.2) is 0 Å². The molecule has 2 heterocycles. The maximum Gasteiger partial charge on any atom is 0.258 e. The van der Waals surface area contributed by atoms with Crippen molar-refractivity contribution >= 4 is 17.6 Å². The van der Waals surface area contributed by atoms with E-state index in [-0.39, 0.29) is 66.4 Å². The van der Waals surface area contributed by atoms with E-state index in [0.717, 1.165) is 30.5 Å². The van der Waals surface area contributed by atoms with Crippen LogP contribution in [0.25, 0.3) is 0 Å². The van der Waals surface area contributed by atoms with Gasteiger partial charge in [-0.1, -0.05) is 68.9 Å². The van der Waals surface area contributed by atoms with Crippen molar-refractivity contribution in [3.8, 4) is 0 Å². The predicted octanol–water partition coefficient (Wildman–Crippen LogP) is 3.61. The van der Waals surface area contributed by atoms with E-state index in [1.54, 1.807) is 44.2 Å². The molecule has 14 nitrogen and oxygen atoms in total. The third kappa shape index (κ3) is 12.3. The molecule has 14 heteroatoms. The Labute approximate surface area is 361 Å². The number of carbonyl (C=O) groups is 2. The molecule has 0 aromatic rings. The number of guanidine groups is 1. The zero-order valence-corrected chi connectivity index (χ0v) is 37.0. The van der Waals surface area contributed by atoms with E-state index in [9.17, 15) is 50.4 Å². The van der Waals surface area contributed by atoms with Crippen LogP contribution in [0.1, 0.15) is 106 Å². The lowest BCUT2D eigenvalue weighted by Gasteiger charge is -2.54. The average molecular weight is 855 g/mol. The lowest BCUT2D eigenvalue weighted by molar-refractivity contribution is -0.118. The first-order valence-corrected chi connectivity index (χ1v) is 22.2. The van der Waals surface area contributed by atoms with Crippen molar-refractivity contribution in [2.45, 2.75) is 155 Å². The van der Waals surface area contributed by atoms with E-state index in [4.69, 9.17) is 11.1 Å². The summed E-state index contributed by atoms with van der Waals surface area (Å²) in [6.45, 7) is 11.6. The lowest BCUT2D eigenvalue weighted by Crippen LogP contribution is -2.53. The van der Waals surface area contributed by atoms with Crippen LogP contribution in [-0.4, -0.2) is 125 Å². The number of ketones is 1. The first-order chi connectivity index (χ1) is 28.7. The van der Waals surface area contributed by atoms with Crippen molar-refractivity contribution < 1.29 is 50.4 Å². The maximum atomic E-state index is 12.8. The van der Waals surface area contributed by atoms with Crippen LogP contribution < -0.4 is 11.1 Å². The summed E-state index contributed by atoms with van der Waals surface area (Å²) >= 11 is 0. The Morgan fingerprint density at radius 1 is 1.00 bits per heavy atom. The van der Waals surface area contributed by atoms with Gasteiger partial charge >= 0.3 is 0 Å². The maximum absolute atomic E-state index is 12.8. The third-order valence-electron chi connectivity index (χ3n) is 14.1. The van der Waals surface area contributed by atoms with Gasteiger partial charge in [0.05, 0.1) is 49.3 Å². The Morgan fingerprint density at radius 3 is 2.34 bits per heavy atom. The van der Waals surface area contributed by atoms with Gasteiger partial charge in [-0.3, -0.25) is 15.0 Å². The van der Waals surface area contributed by atoms with Crippen molar-refractivity contribution in [1.29, 1.82) is 5.41 Å². The number of nitrogens with one attached hydrogen (secondary N) is 2. The second kappa shape index (κ2) is 22.1. The molecular formula is C47H74N4O10. The highest BCUT2D eigenvalue weighted by molar-refractivity contribution is 6.25. The molecule has 0 bridgehead atoms. The van der Waals surface area contributed by atoms with Gasteiger partial charge in [0.15, 0.2) is 11.7 Å². The second-order valence-electron chi connectivity index (χ2n) is 18.5. The fourth-order valence-corrected chi connectivity index (χ4v) is 10.0. The van der Waals surface area contributed by atoms with E-state index >= 15 is 0 Å². The smallest absolute Gasteiger partial charge is 0.258 e. The molecule has 342 valence electrons. The molecule has 0 radical (unpaired) electrons. The van der Waals surface area contributed by atoms with Gasteiger partial charge in [0.1, 0.15) is 11.3 Å². The minimum absolute atomic E-state index is 0.0283. The van der Waals surface area contributed by atoms with E-state index in [2.05, 4.69) is 5.32 Å². The molecule has 3 fully saturated rings. The number of rotatable bonds is 19.